The molecular formula is C17H22N4O2. The van der Waals surface area contributed by atoms with Crippen molar-refractivity contribution in [1.82, 2.24) is 19.9 Å². The van der Waals surface area contributed by atoms with Gasteiger partial charge in [-0.2, -0.15) is 5.10 Å². The Balaban J connectivity index is 2.00. The van der Waals surface area contributed by atoms with Crippen molar-refractivity contribution in [1.29, 1.82) is 0 Å². The molecule has 3 rings (SSSR count). The number of hydrogen-bond acceptors (Lipinski definition) is 4. The minimum absolute atomic E-state index is 0.0927. The van der Waals surface area contributed by atoms with E-state index in [4.69, 9.17) is 0 Å². The van der Waals surface area contributed by atoms with Gasteiger partial charge in [0.15, 0.2) is 11.4 Å². The van der Waals surface area contributed by atoms with Crippen LogP contribution in [0, 0.1) is 5.41 Å². The fourth-order valence-corrected chi connectivity index (χ4v) is 3.06. The number of carbonyl (C=O) groups is 2. The Morgan fingerprint density at radius 3 is 2.87 bits per heavy atom. The molecule has 0 radical (unpaired) electrons. The Morgan fingerprint density at radius 1 is 1.35 bits per heavy atom. The highest BCUT2D eigenvalue weighted by molar-refractivity contribution is 6.01. The van der Waals surface area contributed by atoms with Gasteiger partial charge in [-0.3, -0.25) is 9.59 Å². The first-order valence-electron chi connectivity index (χ1n) is 8.10. The lowest BCUT2D eigenvalue weighted by Crippen LogP contribution is -2.29. The number of fused-ring (bicyclic) bond motifs is 3. The monoisotopic (exact) mass is 314 g/mol. The third-order valence-electron chi connectivity index (χ3n) is 4.27. The molecule has 1 N–H and O–H groups in total. The standard InChI is InChI=1S/C17H22N4O2/c1-4-5-6-18-16(23)12-10-20-21-13-7-17(2,3)8-14(22)11(13)9-19-15(12)21/h9-10H,4-8H2,1-3H3,(H,18,23). The molecular weight excluding hydrogens is 292 g/mol. The summed E-state index contributed by atoms with van der Waals surface area (Å²) in [5.41, 5.74) is 2.35. The first-order valence-corrected chi connectivity index (χ1v) is 8.10. The van der Waals surface area contributed by atoms with E-state index in [1.54, 1.807) is 10.7 Å². The fraction of sp³-hybridized carbons (Fsp3) is 0.529. The van der Waals surface area contributed by atoms with Crippen molar-refractivity contribution in [3.05, 3.63) is 29.2 Å². The SMILES string of the molecule is CCCCNC(=O)c1cnn2c3c(cnc12)C(=O)CC(C)(C)C3. The number of Topliss-reactive ketones (excluding diaryl/α,β-unsaturated/α-hetero) is 1. The molecule has 23 heavy (non-hydrogen) atoms. The van der Waals surface area contributed by atoms with Crippen LogP contribution < -0.4 is 5.32 Å². The quantitative estimate of drug-likeness (QED) is 0.879. The lowest BCUT2D eigenvalue weighted by molar-refractivity contribution is 0.0907. The van der Waals surface area contributed by atoms with Gasteiger partial charge in [-0.15, -0.1) is 0 Å². The number of ketones is 1. The fourth-order valence-electron chi connectivity index (χ4n) is 3.06. The van der Waals surface area contributed by atoms with Gasteiger partial charge in [-0.25, -0.2) is 9.50 Å². The number of nitrogens with one attached hydrogen (secondary N) is 1. The van der Waals surface area contributed by atoms with Gasteiger partial charge in [0.25, 0.3) is 5.91 Å². The second-order valence-corrected chi connectivity index (χ2v) is 6.96. The zero-order chi connectivity index (χ0) is 16.6. The second kappa shape index (κ2) is 5.76. The average molecular weight is 314 g/mol. The lowest BCUT2D eigenvalue weighted by Gasteiger charge is -2.29. The molecule has 0 spiro atoms. The number of aromatic nitrogens is 3. The Kier molecular flexibility index (Phi) is 3.92. The summed E-state index contributed by atoms with van der Waals surface area (Å²) in [4.78, 5) is 28.9. The van der Waals surface area contributed by atoms with Crippen LogP contribution in [0.15, 0.2) is 12.4 Å². The minimum Gasteiger partial charge on any atom is -0.352 e. The number of hydrogen-bond donors (Lipinski definition) is 1. The van der Waals surface area contributed by atoms with Gasteiger partial charge in [0, 0.05) is 19.2 Å². The van der Waals surface area contributed by atoms with Crippen LogP contribution in [-0.2, 0) is 6.42 Å². The zero-order valence-corrected chi connectivity index (χ0v) is 13.8. The van der Waals surface area contributed by atoms with E-state index in [1.807, 2.05) is 0 Å². The molecule has 0 fully saturated rings. The second-order valence-electron chi connectivity index (χ2n) is 6.96. The Bertz CT molecular complexity index is 776. The Hall–Kier alpha value is -2.24. The number of unbranched alkanes of at least 4 members (excludes halogenated alkanes) is 1. The van der Waals surface area contributed by atoms with Gasteiger partial charge >= 0.3 is 0 Å². The smallest absolute Gasteiger partial charge is 0.256 e. The van der Waals surface area contributed by atoms with Crippen LogP contribution in [0.2, 0.25) is 0 Å². The van der Waals surface area contributed by atoms with Crippen molar-refractivity contribution in [3.8, 4) is 0 Å². The highest BCUT2D eigenvalue weighted by atomic mass is 16.1. The average Bonchev–Trinajstić information content (AvgIpc) is 2.90. The van der Waals surface area contributed by atoms with E-state index in [2.05, 4.69) is 36.2 Å². The molecule has 122 valence electrons. The minimum atomic E-state index is -0.165. The lowest BCUT2D eigenvalue weighted by atomic mass is 9.76. The van der Waals surface area contributed by atoms with Crippen molar-refractivity contribution < 1.29 is 9.59 Å². The third kappa shape index (κ3) is 2.85. The zero-order valence-electron chi connectivity index (χ0n) is 13.8. The predicted octanol–water partition coefficient (Wildman–Crippen LogP) is 2.41. The summed E-state index contributed by atoms with van der Waals surface area (Å²) >= 11 is 0. The summed E-state index contributed by atoms with van der Waals surface area (Å²) in [7, 11) is 0. The summed E-state index contributed by atoms with van der Waals surface area (Å²) in [6.07, 6.45) is 6.35. The largest absolute Gasteiger partial charge is 0.352 e. The molecule has 0 bridgehead atoms. The van der Waals surface area contributed by atoms with Crippen LogP contribution in [0.5, 0.6) is 0 Å². The van der Waals surface area contributed by atoms with E-state index in [0.29, 0.717) is 29.7 Å². The van der Waals surface area contributed by atoms with E-state index in [1.165, 1.54) is 6.20 Å². The van der Waals surface area contributed by atoms with Gasteiger partial charge in [0.2, 0.25) is 0 Å². The number of amides is 1. The summed E-state index contributed by atoms with van der Waals surface area (Å²) < 4.78 is 1.66. The van der Waals surface area contributed by atoms with Gasteiger partial charge in [0.1, 0.15) is 5.56 Å². The summed E-state index contributed by atoms with van der Waals surface area (Å²) in [6, 6.07) is 0. The van der Waals surface area contributed by atoms with Crippen molar-refractivity contribution >= 4 is 17.3 Å². The number of nitrogens with zero attached hydrogens (tertiary/aromatic N) is 3. The Labute approximate surface area is 135 Å². The summed E-state index contributed by atoms with van der Waals surface area (Å²) in [6.45, 7) is 6.86. The van der Waals surface area contributed by atoms with Crippen LogP contribution in [0.3, 0.4) is 0 Å². The van der Waals surface area contributed by atoms with Crippen LogP contribution in [0.4, 0.5) is 0 Å². The molecule has 0 unspecified atom stereocenters. The van der Waals surface area contributed by atoms with Crippen molar-refractivity contribution in [2.45, 2.75) is 46.5 Å². The van der Waals surface area contributed by atoms with E-state index < -0.39 is 0 Å². The maximum atomic E-state index is 12.3. The van der Waals surface area contributed by atoms with E-state index in [9.17, 15) is 9.59 Å². The Morgan fingerprint density at radius 2 is 2.13 bits per heavy atom. The highest BCUT2D eigenvalue weighted by Crippen LogP contribution is 2.34. The first-order chi connectivity index (χ1) is 10.9. The molecule has 2 aromatic rings. The maximum Gasteiger partial charge on any atom is 0.256 e. The molecule has 0 saturated heterocycles. The van der Waals surface area contributed by atoms with E-state index in [-0.39, 0.29) is 17.1 Å². The van der Waals surface area contributed by atoms with Gasteiger partial charge in [0.05, 0.1) is 17.5 Å². The van der Waals surface area contributed by atoms with Crippen molar-refractivity contribution in [3.63, 3.8) is 0 Å². The molecule has 0 aliphatic heterocycles. The topological polar surface area (TPSA) is 76.4 Å². The molecule has 0 aromatic carbocycles. The normalized spacial score (nSPS) is 16.4. The summed E-state index contributed by atoms with van der Waals surface area (Å²) in [5, 5.41) is 7.21. The molecule has 0 saturated carbocycles. The number of rotatable bonds is 4. The summed E-state index contributed by atoms with van der Waals surface area (Å²) in [5.74, 6) is -0.0719. The van der Waals surface area contributed by atoms with Gasteiger partial charge < -0.3 is 5.32 Å². The molecule has 1 aliphatic carbocycles. The highest BCUT2D eigenvalue weighted by Gasteiger charge is 2.33. The van der Waals surface area contributed by atoms with Crippen molar-refractivity contribution in [2.75, 3.05) is 6.54 Å². The molecule has 1 amide bonds. The van der Waals surface area contributed by atoms with Gasteiger partial charge in [-0.05, 0) is 18.3 Å². The molecule has 1 aliphatic rings. The van der Waals surface area contributed by atoms with Crippen LogP contribution >= 0.6 is 0 Å². The third-order valence-corrected chi connectivity index (χ3v) is 4.27. The number of carbonyl (C=O) groups excluding carboxylic acids is 2. The molecule has 2 heterocycles. The van der Waals surface area contributed by atoms with Crippen LogP contribution in [0.1, 0.15) is 66.4 Å². The predicted molar refractivity (Wildman–Crippen MR) is 86.7 cm³/mol. The molecule has 2 aromatic heterocycles. The van der Waals surface area contributed by atoms with Crippen molar-refractivity contribution in [2.24, 2.45) is 5.41 Å². The first kappa shape index (κ1) is 15.6. The molecule has 6 nitrogen and oxygen atoms in total. The van der Waals surface area contributed by atoms with Crippen LogP contribution in [0.25, 0.3) is 5.65 Å². The van der Waals surface area contributed by atoms with Gasteiger partial charge in [-0.1, -0.05) is 27.2 Å². The molecule has 0 atom stereocenters. The molecule has 6 heteroatoms. The maximum absolute atomic E-state index is 12.3. The van der Waals surface area contributed by atoms with Crippen LogP contribution in [-0.4, -0.2) is 32.8 Å². The van der Waals surface area contributed by atoms with E-state index in [0.717, 1.165) is 25.0 Å². The van der Waals surface area contributed by atoms with E-state index >= 15 is 0 Å².